The van der Waals surface area contributed by atoms with Crippen molar-refractivity contribution in [2.45, 2.75) is 12.5 Å². The molecule has 1 amide bonds. The lowest BCUT2D eigenvalue weighted by Crippen LogP contribution is -3.05. The van der Waals surface area contributed by atoms with E-state index in [-0.39, 0.29) is 16.9 Å². The summed E-state index contributed by atoms with van der Waals surface area (Å²) in [5.74, 6) is -2.38. The van der Waals surface area contributed by atoms with Crippen LogP contribution in [0.3, 0.4) is 0 Å². The largest absolute Gasteiger partial charge is 0.507 e. The van der Waals surface area contributed by atoms with E-state index in [4.69, 9.17) is 0 Å². The van der Waals surface area contributed by atoms with E-state index in [1.54, 1.807) is 12.1 Å². The molecule has 7 heteroatoms. The number of halogens is 1. The summed E-state index contributed by atoms with van der Waals surface area (Å²) < 4.78 is 14.6. The van der Waals surface area contributed by atoms with Gasteiger partial charge in [-0.05, 0) is 18.2 Å². The molecule has 1 saturated heterocycles. The van der Waals surface area contributed by atoms with Crippen LogP contribution in [0.1, 0.15) is 23.6 Å². The van der Waals surface area contributed by atoms with Crippen LogP contribution < -0.4 is 4.90 Å². The molecule has 0 saturated carbocycles. The van der Waals surface area contributed by atoms with E-state index in [2.05, 4.69) is 4.98 Å². The van der Waals surface area contributed by atoms with Crippen LogP contribution in [-0.4, -0.2) is 53.9 Å². The summed E-state index contributed by atoms with van der Waals surface area (Å²) in [5, 5.41) is 10.8. The smallest absolute Gasteiger partial charge is 0.295 e. The van der Waals surface area contributed by atoms with Crippen LogP contribution in [-0.2, 0) is 9.59 Å². The van der Waals surface area contributed by atoms with E-state index in [9.17, 15) is 19.1 Å². The number of nitrogens with zero attached hydrogens (tertiary/aromatic N) is 2. The third kappa shape index (κ3) is 3.80. The van der Waals surface area contributed by atoms with Crippen LogP contribution in [0.4, 0.5) is 4.39 Å². The van der Waals surface area contributed by atoms with E-state index >= 15 is 0 Å². The standard InChI is InChI=1S/C21H22FN3O3/c1-24(2)12-5-13-25-18(15-6-3-4-7-16(15)22)17(20(27)21(25)28)19(26)14-8-10-23-11-9-14/h3-4,6-11,18,26H,5,12-13H2,1-2H3/p+1/t18-/m1/s1. The first kappa shape index (κ1) is 19.7. The lowest BCUT2D eigenvalue weighted by atomic mass is 9.95. The Kier molecular flexibility index (Phi) is 5.84. The molecule has 3 rings (SSSR count). The number of pyridine rings is 1. The minimum Gasteiger partial charge on any atom is -0.507 e. The Morgan fingerprint density at radius 3 is 2.50 bits per heavy atom. The van der Waals surface area contributed by atoms with Gasteiger partial charge < -0.3 is 14.9 Å². The first-order valence-electron chi connectivity index (χ1n) is 9.14. The number of aliphatic hydroxyl groups is 1. The minimum atomic E-state index is -0.966. The van der Waals surface area contributed by atoms with E-state index in [1.807, 2.05) is 14.1 Å². The molecule has 1 aromatic carbocycles. The van der Waals surface area contributed by atoms with Gasteiger partial charge in [-0.2, -0.15) is 0 Å². The molecule has 28 heavy (non-hydrogen) atoms. The third-order valence-corrected chi connectivity index (χ3v) is 4.77. The molecule has 0 radical (unpaired) electrons. The third-order valence-electron chi connectivity index (χ3n) is 4.77. The van der Waals surface area contributed by atoms with E-state index in [1.165, 1.54) is 46.5 Å². The molecule has 1 aromatic heterocycles. The summed E-state index contributed by atoms with van der Waals surface area (Å²) in [5.41, 5.74) is 0.445. The monoisotopic (exact) mass is 384 g/mol. The van der Waals surface area contributed by atoms with E-state index in [0.717, 1.165) is 6.54 Å². The second-order valence-corrected chi connectivity index (χ2v) is 7.06. The van der Waals surface area contributed by atoms with Crippen molar-refractivity contribution in [2.75, 3.05) is 27.2 Å². The summed E-state index contributed by atoms with van der Waals surface area (Å²) in [6, 6.07) is 8.12. The molecule has 2 aromatic rings. The van der Waals surface area contributed by atoms with E-state index in [0.29, 0.717) is 18.5 Å². The highest BCUT2D eigenvalue weighted by molar-refractivity contribution is 6.46. The van der Waals surface area contributed by atoms with E-state index < -0.39 is 23.5 Å². The van der Waals surface area contributed by atoms with Crippen LogP contribution in [0.25, 0.3) is 5.76 Å². The second kappa shape index (κ2) is 8.31. The first-order chi connectivity index (χ1) is 13.4. The predicted octanol–water partition coefficient (Wildman–Crippen LogP) is 1.18. The summed E-state index contributed by atoms with van der Waals surface area (Å²) in [6.45, 7) is 1.08. The number of aliphatic hydroxyl groups excluding tert-OH is 1. The Bertz CT molecular complexity index is 912. The van der Waals surface area contributed by atoms with Crippen molar-refractivity contribution in [3.05, 3.63) is 71.3 Å². The number of rotatable bonds is 6. The highest BCUT2D eigenvalue weighted by atomic mass is 19.1. The van der Waals surface area contributed by atoms with Crippen LogP contribution >= 0.6 is 0 Å². The molecule has 1 aliphatic rings. The maximum absolute atomic E-state index is 14.6. The molecule has 1 atom stereocenters. The Morgan fingerprint density at radius 2 is 1.86 bits per heavy atom. The normalized spacial score (nSPS) is 18.9. The van der Waals surface area contributed by atoms with Crippen LogP contribution in [0.5, 0.6) is 0 Å². The van der Waals surface area contributed by atoms with Gasteiger partial charge in [0.15, 0.2) is 0 Å². The van der Waals surface area contributed by atoms with Crippen molar-refractivity contribution in [3.8, 4) is 0 Å². The molecule has 1 aliphatic heterocycles. The summed E-state index contributed by atoms with van der Waals surface area (Å²) in [6.07, 6.45) is 3.60. The number of Topliss-reactive ketones (excluding diaryl/α,β-unsaturated/α-hetero) is 1. The van der Waals surface area contributed by atoms with Gasteiger partial charge in [0, 0.05) is 36.5 Å². The van der Waals surface area contributed by atoms with Crippen molar-refractivity contribution in [2.24, 2.45) is 0 Å². The number of aromatic nitrogens is 1. The maximum atomic E-state index is 14.6. The number of quaternary nitrogens is 1. The number of carbonyl (C=O) groups excluding carboxylic acids is 2. The highest BCUT2D eigenvalue weighted by Gasteiger charge is 2.46. The Morgan fingerprint density at radius 1 is 1.18 bits per heavy atom. The molecule has 0 aliphatic carbocycles. The summed E-state index contributed by atoms with van der Waals surface area (Å²) >= 11 is 0. The molecule has 1 fully saturated rings. The van der Waals surface area contributed by atoms with Crippen molar-refractivity contribution >= 4 is 17.4 Å². The fourth-order valence-corrected chi connectivity index (χ4v) is 3.40. The van der Waals surface area contributed by atoms with Crippen LogP contribution in [0.2, 0.25) is 0 Å². The van der Waals surface area contributed by atoms with Gasteiger partial charge in [0.25, 0.3) is 11.7 Å². The number of benzene rings is 1. The average molecular weight is 384 g/mol. The number of carbonyl (C=O) groups is 2. The molecule has 0 unspecified atom stereocenters. The molecule has 2 heterocycles. The molecule has 0 spiro atoms. The molecule has 2 N–H and O–H groups in total. The maximum Gasteiger partial charge on any atom is 0.295 e. The van der Waals surface area contributed by atoms with Crippen molar-refractivity contribution in [1.82, 2.24) is 9.88 Å². The Balaban J connectivity index is 2.10. The lowest BCUT2D eigenvalue weighted by molar-refractivity contribution is -0.858. The van der Waals surface area contributed by atoms with Crippen molar-refractivity contribution in [3.63, 3.8) is 0 Å². The van der Waals surface area contributed by atoms with Gasteiger partial charge in [-0.15, -0.1) is 0 Å². The van der Waals surface area contributed by atoms with Gasteiger partial charge in [-0.1, -0.05) is 18.2 Å². The van der Waals surface area contributed by atoms with Gasteiger partial charge in [0.1, 0.15) is 11.6 Å². The zero-order valence-electron chi connectivity index (χ0n) is 15.9. The van der Waals surface area contributed by atoms with Crippen LogP contribution in [0, 0.1) is 5.82 Å². The number of amides is 1. The van der Waals surface area contributed by atoms with Gasteiger partial charge in [0.2, 0.25) is 0 Å². The minimum absolute atomic E-state index is 0.0986. The topological polar surface area (TPSA) is 74.9 Å². The molecule has 146 valence electrons. The van der Waals surface area contributed by atoms with Crippen LogP contribution in [0.15, 0.2) is 54.4 Å². The van der Waals surface area contributed by atoms with Crippen molar-refractivity contribution in [1.29, 1.82) is 0 Å². The Labute approximate surface area is 162 Å². The zero-order valence-corrected chi connectivity index (χ0v) is 15.9. The summed E-state index contributed by atoms with van der Waals surface area (Å²) in [4.78, 5) is 31.9. The summed E-state index contributed by atoms with van der Waals surface area (Å²) in [7, 11) is 3.98. The highest BCUT2D eigenvalue weighted by Crippen LogP contribution is 2.40. The average Bonchev–Trinajstić information content (AvgIpc) is 2.93. The number of ketones is 1. The fourth-order valence-electron chi connectivity index (χ4n) is 3.40. The quantitative estimate of drug-likeness (QED) is 0.446. The SMILES string of the molecule is C[NH+](C)CCCN1C(=O)C(=O)C(=C(O)c2ccncc2)[C@H]1c1ccccc1F. The Hall–Kier alpha value is -3.06. The zero-order chi connectivity index (χ0) is 20.3. The molecule has 0 bridgehead atoms. The van der Waals surface area contributed by atoms with Gasteiger partial charge in [0.05, 0.1) is 32.3 Å². The molecular formula is C21H23FN3O3+. The first-order valence-corrected chi connectivity index (χ1v) is 9.14. The second-order valence-electron chi connectivity index (χ2n) is 7.06. The van der Waals surface area contributed by atoms with Gasteiger partial charge >= 0.3 is 0 Å². The molecular weight excluding hydrogens is 361 g/mol. The number of nitrogens with one attached hydrogen (secondary N) is 1. The van der Waals surface area contributed by atoms with Crippen molar-refractivity contribution < 1.29 is 24.0 Å². The fraction of sp³-hybridized carbons (Fsp3) is 0.286. The number of likely N-dealkylation sites (tertiary alicyclic amines) is 1. The number of hydrogen-bond donors (Lipinski definition) is 2. The van der Waals surface area contributed by atoms with Gasteiger partial charge in [-0.3, -0.25) is 14.6 Å². The predicted molar refractivity (Wildman–Crippen MR) is 102 cm³/mol. The lowest BCUT2D eigenvalue weighted by Gasteiger charge is -2.25. The molecule has 6 nitrogen and oxygen atoms in total. The number of hydrogen-bond acceptors (Lipinski definition) is 4. The van der Waals surface area contributed by atoms with Gasteiger partial charge in [-0.25, -0.2) is 4.39 Å².